The molecule has 2 N–H and O–H groups in total. The standard InChI is InChI=1S/C25H23N3O3/c1-30-22-11-7-19(8-12-22)15-16-27-25(29)20(17-26)18-28-21-9-13-24(14-10-21)31-23-5-3-2-4-6-23/h2-14,18,28H,15-16H2,1H3,(H,27,29)/b20-18-. The van der Waals surface area contributed by atoms with Gasteiger partial charge in [0.1, 0.15) is 28.9 Å². The molecule has 0 unspecified atom stereocenters. The smallest absolute Gasteiger partial charge is 0.263 e. The van der Waals surface area contributed by atoms with E-state index in [0.717, 1.165) is 22.7 Å². The number of amides is 1. The van der Waals surface area contributed by atoms with Gasteiger partial charge < -0.3 is 20.1 Å². The number of ether oxygens (including phenoxy) is 2. The van der Waals surface area contributed by atoms with Crippen molar-refractivity contribution >= 4 is 11.6 Å². The Hall–Kier alpha value is -4.24. The van der Waals surface area contributed by atoms with Crippen molar-refractivity contribution in [2.24, 2.45) is 0 Å². The van der Waals surface area contributed by atoms with E-state index in [2.05, 4.69) is 10.6 Å². The molecule has 3 aromatic carbocycles. The zero-order chi connectivity index (χ0) is 21.9. The first-order valence-corrected chi connectivity index (χ1v) is 9.79. The molecule has 156 valence electrons. The molecule has 0 aliphatic rings. The van der Waals surface area contributed by atoms with E-state index in [1.807, 2.05) is 84.9 Å². The minimum Gasteiger partial charge on any atom is -0.497 e. The number of hydrogen-bond acceptors (Lipinski definition) is 5. The molecule has 0 radical (unpaired) electrons. The number of carbonyl (C=O) groups excluding carboxylic acids is 1. The van der Waals surface area contributed by atoms with E-state index < -0.39 is 5.91 Å². The number of nitrogens with zero attached hydrogens (tertiary/aromatic N) is 1. The summed E-state index contributed by atoms with van der Waals surface area (Å²) in [7, 11) is 1.62. The van der Waals surface area contributed by atoms with Crippen molar-refractivity contribution < 1.29 is 14.3 Å². The maximum Gasteiger partial charge on any atom is 0.263 e. The molecule has 0 atom stereocenters. The van der Waals surface area contributed by atoms with Gasteiger partial charge in [0.05, 0.1) is 7.11 Å². The zero-order valence-corrected chi connectivity index (χ0v) is 17.2. The number of rotatable bonds is 9. The minimum atomic E-state index is -0.424. The summed E-state index contributed by atoms with van der Waals surface area (Å²) in [4.78, 5) is 12.3. The molecule has 31 heavy (non-hydrogen) atoms. The van der Waals surface area contributed by atoms with E-state index in [1.54, 1.807) is 7.11 Å². The maximum atomic E-state index is 12.3. The Morgan fingerprint density at radius 1 is 0.935 bits per heavy atom. The fourth-order valence-corrected chi connectivity index (χ4v) is 2.76. The Morgan fingerprint density at radius 3 is 2.23 bits per heavy atom. The second-order valence-corrected chi connectivity index (χ2v) is 6.61. The van der Waals surface area contributed by atoms with Gasteiger partial charge >= 0.3 is 0 Å². The van der Waals surface area contributed by atoms with Crippen molar-refractivity contribution in [3.05, 3.63) is 96.2 Å². The normalized spacial score (nSPS) is 10.6. The quantitative estimate of drug-likeness (QED) is 0.394. The summed E-state index contributed by atoms with van der Waals surface area (Å²) in [6.45, 7) is 0.426. The number of carbonyl (C=O) groups is 1. The van der Waals surface area contributed by atoms with Gasteiger partial charge in [-0.3, -0.25) is 4.79 Å². The topological polar surface area (TPSA) is 83.4 Å². The molecule has 0 aliphatic carbocycles. The summed E-state index contributed by atoms with van der Waals surface area (Å²) in [5.41, 5.74) is 1.80. The van der Waals surface area contributed by atoms with E-state index in [4.69, 9.17) is 9.47 Å². The average Bonchev–Trinajstić information content (AvgIpc) is 2.81. The van der Waals surface area contributed by atoms with Crippen molar-refractivity contribution in [3.63, 3.8) is 0 Å². The van der Waals surface area contributed by atoms with E-state index in [1.165, 1.54) is 6.20 Å². The molecule has 0 bridgehead atoms. The van der Waals surface area contributed by atoms with E-state index in [9.17, 15) is 10.1 Å². The maximum absolute atomic E-state index is 12.3. The van der Waals surface area contributed by atoms with Crippen molar-refractivity contribution in [2.45, 2.75) is 6.42 Å². The van der Waals surface area contributed by atoms with Gasteiger partial charge in [0.25, 0.3) is 5.91 Å². The van der Waals surface area contributed by atoms with Crippen LogP contribution in [0, 0.1) is 11.3 Å². The number of nitriles is 1. The van der Waals surface area contributed by atoms with Crippen LogP contribution in [-0.4, -0.2) is 19.6 Å². The van der Waals surface area contributed by atoms with Gasteiger partial charge in [-0.1, -0.05) is 30.3 Å². The number of para-hydroxylation sites is 1. The third kappa shape index (κ3) is 6.65. The van der Waals surface area contributed by atoms with Crippen molar-refractivity contribution in [2.75, 3.05) is 19.0 Å². The van der Waals surface area contributed by atoms with Crippen LogP contribution in [0.1, 0.15) is 5.56 Å². The Morgan fingerprint density at radius 2 is 1.58 bits per heavy atom. The molecule has 0 saturated carbocycles. The second-order valence-electron chi connectivity index (χ2n) is 6.61. The van der Waals surface area contributed by atoms with Gasteiger partial charge in [0.15, 0.2) is 0 Å². The number of anilines is 1. The predicted molar refractivity (Wildman–Crippen MR) is 120 cm³/mol. The summed E-state index contributed by atoms with van der Waals surface area (Å²) in [6.07, 6.45) is 2.06. The zero-order valence-electron chi connectivity index (χ0n) is 17.2. The highest BCUT2D eigenvalue weighted by atomic mass is 16.5. The van der Waals surface area contributed by atoms with Gasteiger partial charge in [-0.05, 0) is 60.5 Å². The van der Waals surface area contributed by atoms with Crippen LogP contribution in [0.3, 0.4) is 0 Å². The molecule has 3 aromatic rings. The lowest BCUT2D eigenvalue weighted by atomic mass is 10.1. The number of nitrogens with one attached hydrogen (secondary N) is 2. The lowest BCUT2D eigenvalue weighted by Crippen LogP contribution is -2.27. The predicted octanol–water partition coefficient (Wildman–Crippen LogP) is 4.67. The average molecular weight is 413 g/mol. The van der Waals surface area contributed by atoms with Crippen molar-refractivity contribution in [1.82, 2.24) is 5.32 Å². The molecule has 3 rings (SSSR count). The Balaban J connectivity index is 1.49. The molecule has 6 heteroatoms. The SMILES string of the molecule is COc1ccc(CCNC(=O)/C(C#N)=C\Nc2ccc(Oc3ccccc3)cc2)cc1. The Bertz CT molecular complexity index is 1050. The van der Waals surface area contributed by atoms with Crippen molar-refractivity contribution in [3.8, 4) is 23.3 Å². The van der Waals surface area contributed by atoms with Crippen LogP contribution in [0.25, 0.3) is 0 Å². The van der Waals surface area contributed by atoms with E-state index in [0.29, 0.717) is 18.7 Å². The van der Waals surface area contributed by atoms with E-state index >= 15 is 0 Å². The van der Waals surface area contributed by atoms with Crippen LogP contribution in [0.2, 0.25) is 0 Å². The number of benzene rings is 3. The van der Waals surface area contributed by atoms with Crippen molar-refractivity contribution in [1.29, 1.82) is 5.26 Å². The highest BCUT2D eigenvalue weighted by Gasteiger charge is 2.08. The molecule has 0 saturated heterocycles. The molecule has 0 heterocycles. The van der Waals surface area contributed by atoms with Crippen LogP contribution in [-0.2, 0) is 11.2 Å². The lowest BCUT2D eigenvalue weighted by molar-refractivity contribution is -0.117. The van der Waals surface area contributed by atoms with Gasteiger partial charge in [-0.25, -0.2) is 0 Å². The monoisotopic (exact) mass is 413 g/mol. The summed E-state index contributed by atoms with van der Waals surface area (Å²) in [5, 5.41) is 15.0. The molecule has 0 spiro atoms. The first-order valence-electron chi connectivity index (χ1n) is 9.79. The molecule has 0 aromatic heterocycles. The van der Waals surface area contributed by atoms with Gasteiger partial charge in [0.2, 0.25) is 0 Å². The third-order valence-corrected chi connectivity index (χ3v) is 4.44. The third-order valence-electron chi connectivity index (χ3n) is 4.44. The number of hydrogen-bond donors (Lipinski definition) is 2. The number of methoxy groups -OCH3 is 1. The second kappa shape index (κ2) is 11.1. The highest BCUT2D eigenvalue weighted by Crippen LogP contribution is 2.22. The Labute approximate surface area is 181 Å². The first-order chi connectivity index (χ1) is 15.2. The largest absolute Gasteiger partial charge is 0.497 e. The van der Waals surface area contributed by atoms with Crippen LogP contribution in [0.5, 0.6) is 17.2 Å². The van der Waals surface area contributed by atoms with Crippen LogP contribution >= 0.6 is 0 Å². The van der Waals surface area contributed by atoms with Gasteiger partial charge in [0, 0.05) is 18.4 Å². The molecular formula is C25H23N3O3. The van der Waals surface area contributed by atoms with E-state index in [-0.39, 0.29) is 5.57 Å². The fourth-order valence-electron chi connectivity index (χ4n) is 2.76. The minimum absolute atomic E-state index is 0.000608. The Kier molecular flexibility index (Phi) is 7.67. The summed E-state index contributed by atoms with van der Waals surface area (Å²) >= 11 is 0. The van der Waals surface area contributed by atoms with Crippen LogP contribution < -0.4 is 20.1 Å². The first kappa shape index (κ1) is 21.5. The van der Waals surface area contributed by atoms with Gasteiger partial charge in [-0.15, -0.1) is 0 Å². The fraction of sp³-hybridized carbons (Fsp3) is 0.120. The highest BCUT2D eigenvalue weighted by molar-refractivity contribution is 5.97. The molecule has 0 fully saturated rings. The summed E-state index contributed by atoms with van der Waals surface area (Å²) < 4.78 is 10.9. The summed E-state index contributed by atoms with van der Waals surface area (Å²) in [6, 6.07) is 26.3. The molecule has 0 aliphatic heterocycles. The molecular weight excluding hydrogens is 390 g/mol. The summed E-state index contributed by atoms with van der Waals surface area (Å²) in [5.74, 6) is 1.81. The van der Waals surface area contributed by atoms with Crippen LogP contribution in [0.15, 0.2) is 90.6 Å². The molecule has 6 nitrogen and oxygen atoms in total. The van der Waals surface area contributed by atoms with Gasteiger partial charge in [-0.2, -0.15) is 5.26 Å². The lowest BCUT2D eigenvalue weighted by Gasteiger charge is -2.08. The molecule has 1 amide bonds. The van der Waals surface area contributed by atoms with Crippen LogP contribution in [0.4, 0.5) is 5.69 Å².